The van der Waals surface area contributed by atoms with Crippen LogP contribution in [0.3, 0.4) is 0 Å². The van der Waals surface area contributed by atoms with Crippen molar-refractivity contribution in [3.63, 3.8) is 0 Å². The minimum absolute atomic E-state index is 0.136. The van der Waals surface area contributed by atoms with Crippen molar-refractivity contribution < 1.29 is 4.79 Å². The number of halogens is 1. The molecule has 2 aromatic carbocycles. The van der Waals surface area contributed by atoms with Crippen molar-refractivity contribution in [2.24, 2.45) is 0 Å². The van der Waals surface area contributed by atoms with Crippen LogP contribution in [0.5, 0.6) is 0 Å². The second-order valence-electron chi connectivity index (χ2n) is 4.78. The van der Waals surface area contributed by atoms with E-state index in [2.05, 4.69) is 5.32 Å². The van der Waals surface area contributed by atoms with Gasteiger partial charge in [-0.05, 0) is 47.9 Å². The highest BCUT2D eigenvalue weighted by Gasteiger charge is 2.13. The number of hydrogen-bond donors (Lipinski definition) is 1. The van der Waals surface area contributed by atoms with Gasteiger partial charge < -0.3 is 5.32 Å². The first-order valence-electron chi connectivity index (χ1n) is 6.37. The zero-order valence-corrected chi connectivity index (χ0v) is 11.2. The number of carbonyl (C=O) groups excluding carboxylic acids is 1. The van der Waals surface area contributed by atoms with E-state index in [-0.39, 0.29) is 5.78 Å². The van der Waals surface area contributed by atoms with Crippen LogP contribution in [0.25, 0.3) is 0 Å². The van der Waals surface area contributed by atoms with E-state index in [1.54, 1.807) is 0 Å². The summed E-state index contributed by atoms with van der Waals surface area (Å²) in [6.07, 6.45) is 1.39. The van der Waals surface area contributed by atoms with Gasteiger partial charge in [-0.3, -0.25) is 4.79 Å². The van der Waals surface area contributed by atoms with Gasteiger partial charge in [0.25, 0.3) is 0 Å². The molecule has 0 bridgehead atoms. The van der Waals surface area contributed by atoms with Gasteiger partial charge >= 0.3 is 0 Å². The van der Waals surface area contributed by atoms with Gasteiger partial charge in [-0.1, -0.05) is 23.7 Å². The van der Waals surface area contributed by atoms with Gasteiger partial charge in [0.1, 0.15) is 0 Å². The summed E-state index contributed by atoms with van der Waals surface area (Å²) in [5.74, 6) is 0.136. The minimum atomic E-state index is 0.136. The number of ketones is 1. The molecule has 96 valence electrons. The maximum Gasteiger partial charge on any atom is 0.167 e. The fourth-order valence-corrected chi connectivity index (χ4v) is 2.63. The number of anilines is 1. The van der Waals surface area contributed by atoms with E-state index in [1.165, 1.54) is 5.56 Å². The van der Waals surface area contributed by atoms with Gasteiger partial charge in [0.15, 0.2) is 5.78 Å². The molecule has 0 fully saturated rings. The summed E-state index contributed by atoms with van der Waals surface area (Å²) >= 11 is 5.93. The van der Waals surface area contributed by atoms with Crippen LogP contribution in [0.15, 0.2) is 42.5 Å². The second kappa shape index (κ2) is 5.06. The Balaban J connectivity index is 1.81. The van der Waals surface area contributed by atoms with Crippen LogP contribution in [-0.4, -0.2) is 12.3 Å². The van der Waals surface area contributed by atoms with E-state index in [0.717, 1.165) is 29.8 Å². The molecule has 3 heteroatoms. The Hall–Kier alpha value is -1.80. The molecule has 1 aliphatic heterocycles. The molecule has 0 radical (unpaired) electrons. The highest BCUT2D eigenvalue weighted by molar-refractivity contribution is 6.30. The lowest BCUT2D eigenvalue weighted by Crippen LogP contribution is -2.04. The average molecular weight is 272 g/mol. The predicted molar refractivity (Wildman–Crippen MR) is 78.1 cm³/mol. The third-order valence-electron chi connectivity index (χ3n) is 3.39. The maximum atomic E-state index is 12.3. The summed E-state index contributed by atoms with van der Waals surface area (Å²) < 4.78 is 0. The molecule has 0 saturated carbocycles. The van der Waals surface area contributed by atoms with Gasteiger partial charge in [-0.2, -0.15) is 0 Å². The van der Waals surface area contributed by atoms with Gasteiger partial charge in [0.2, 0.25) is 0 Å². The Kier molecular flexibility index (Phi) is 3.26. The third kappa shape index (κ3) is 2.64. The van der Waals surface area contributed by atoms with Crippen molar-refractivity contribution in [1.29, 1.82) is 0 Å². The van der Waals surface area contributed by atoms with Gasteiger partial charge in [-0.15, -0.1) is 0 Å². The van der Waals surface area contributed by atoms with Crippen LogP contribution < -0.4 is 5.32 Å². The summed E-state index contributed by atoms with van der Waals surface area (Å²) in [4.78, 5) is 12.3. The molecule has 2 aromatic rings. The molecule has 19 heavy (non-hydrogen) atoms. The van der Waals surface area contributed by atoms with Crippen LogP contribution >= 0.6 is 11.6 Å². The lowest BCUT2D eigenvalue weighted by Gasteiger charge is -2.05. The standard InChI is InChI=1S/C16H14ClNO/c17-14-3-1-2-11(8-14)9-16(19)13-4-5-15-12(10-13)6-7-18-15/h1-5,8,10,18H,6-7,9H2. The predicted octanol–water partition coefficient (Wildman–Crippen LogP) is 3.73. The fourth-order valence-electron chi connectivity index (χ4n) is 2.41. The first-order valence-corrected chi connectivity index (χ1v) is 6.74. The summed E-state index contributed by atoms with van der Waals surface area (Å²) in [7, 11) is 0. The van der Waals surface area contributed by atoms with Crippen LogP contribution in [0.1, 0.15) is 21.5 Å². The monoisotopic (exact) mass is 271 g/mol. The summed E-state index contributed by atoms with van der Waals surface area (Å²) in [5.41, 5.74) is 4.12. The molecule has 3 rings (SSSR count). The van der Waals surface area contributed by atoms with E-state index >= 15 is 0 Å². The Morgan fingerprint density at radius 2 is 2.11 bits per heavy atom. The minimum Gasteiger partial charge on any atom is -0.384 e. The van der Waals surface area contributed by atoms with Gasteiger partial charge in [0, 0.05) is 29.2 Å². The molecule has 0 spiro atoms. The number of fused-ring (bicyclic) bond motifs is 1. The third-order valence-corrected chi connectivity index (χ3v) is 3.63. The van der Waals surface area contributed by atoms with Crippen molar-refractivity contribution in [1.82, 2.24) is 0 Å². The molecule has 0 aliphatic carbocycles. The number of Topliss-reactive ketones (excluding diaryl/α,β-unsaturated/α-hetero) is 1. The lowest BCUT2D eigenvalue weighted by molar-refractivity contribution is 0.0993. The summed E-state index contributed by atoms with van der Waals surface area (Å²) in [6.45, 7) is 0.960. The van der Waals surface area contributed by atoms with Crippen LogP contribution in [0.4, 0.5) is 5.69 Å². The Labute approximate surface area is 117 Å². The average Bonchev–Trinajstić information content (AvgIpc) is 2.85. The lowest BCUT2D eigenvalue weighted by atomic mass is 10.0. The Morgan fingerprint density at radius 3 is 2.95 bits per heavy atom. The molecule has 0 amide bonds. The van der Waals surface area contributed by atoms with Gasteiger partial charge in [0.05, 0.1) is 0 Å². The molecule has 1 aliphatic rings. The molecule has 2 nitrogen and oxygen atoms in total. The Morgan fingerprint density at radius 1 is 1.21 bits per heavy atom. The van der Waals surface area contributed by atoms with Crippen LogP contribution in [0.2, 0.25) is 5.02 Å². The molecule has 0 unspecified atom stereocenters. The van der Waals surface area contributed by atoms with Crippen LogP contribution in [0, 0.1) is 0 Å². The smallest absolute Gasteiger partial charge is 0.167 e. The van der Waals surface area contributed by atoms with Crippen molar-refractivity contribution in [2.45, 2.75) is 12.8 Å². The highest BCUT2D eigenvalue weighted by Crippen LogP contribution is 2.23. The molecule has 0 atom stereocenters. The van der Waals surface area contributed by atoms with E-state index < -0.39 is 0 Å². The SMILES string of the molecule is O=C(Cc1cccc(Cl)c1)c1ccc2c(c1)CCN2. The molecule has 1 N–H and O–H groups in total. The topological polar surface area (TPSA) is 29.1 Å². The zero-order chi connectivity index (χ0) is 13.2. The molecule has 0 aromatic heterocycles. The maximum absolute atomic E-state index is 12.3. The van der Waals surface area contributed by atoms with E-state index in [0.29, 0.717) is 11.4 Å². The van der Waals surface area contributed by atoms with E-state index in [1.807, 2.05) is 42.5 Å². The van der Waals surface area contributed by atoms with Gasteiger partial charge in [-0.25, -0.2) is 0 Å². The van der Waals surface area contributed by atoms with Crippen molar-refractivity contribution >= 4 is 23.1 Å². The van der Waals surface area contributed by atoms with E-state index in [4.69, 9.17) is 11.6 Å². The first kappa shape index (κ1) is 12.2. The number of benzene rings is 2. The number of carbonyl (C=O) groups is 1. The van der Waals surface area contributed by atoms with Crippen LogP contribution in [-0.2, 0) is 12.8 Å². The quantitative estimate of drug-likeness (QED) is 0.862. The Bertz CT molecular complexity index is 636. The molecular weight excluding hydrogens is 258 g/mol. The summed E-state index contributed by atoms with van der Waals surface area (Å²) in [6, 6.07) is 13.3. The number of hydrogen-bond acceptors (Lipinski definition) is 2. The zero-order valence-electron chi connectivity index (χ0n) is 10.4. The normalized spacial score (nSPS) is 12.9. The summed E-state index contributed by atoms with van der Waals surface area (Å²) in [5, 5.41) is 3.96. The largest absolute Gasteiger partial charge is 0.384 e. The highest BCUT2D eigenvalue weighted by atomic mass is 35.5. The fraction of sp³-hybridized carbons (Fsp3) is 0.188. The van der Waals surface area contributed by atoms with Crippen molar-refractivity contribution in [3.05, 3.63) is 64.2 Å². The number of rotatable bonds is 3. The number of nitrogens with one attached hydrogen (secondary N) is 1. The second-order valence-corrected chi connectivity index (χ2v) is 5.22. The molecular formula is C16H14ClNO. The first-order chi connectivity index (χ1) is 9.22. The molecule has 0 saturated heterocycles. The molecule has 1 heterocycles. The van der Waals surface area contributed by atoms with E-state index in [9.17, 15) is 4.79 Å². The van der Waals surface area contributed by atoms with Crippen molar-refractivity contribution in [2.75, 3.05) is 11.9 Å². The van der Waals surface area contributed by atoms with Crippen molar-refractivity contribution in [3.8, 4) is 0 Å².